The molecule has 1 heterocycles. The van der Waals surface area contributed by atoms with E-state index in [1.54, 1.807) is 34.8 Å². The molecule has 0 bridgehead atoms. The maximum atomic E-state index is 12.1. The van der Waals surface area contributed by atoms with E-state index in [2.05, 4.69) is 5.10 Å². The molecule has 3 aromatic rings. The molecule has 0 aliphatic rings. The van der Waals surface area contributed by atoms with Gasteiger partial charge in [0.25, 0.3) is 0 Å². The van der Waals surface area contributed by atoms with E-state index in [1.807, 2.05) is 48.7 Å². The zero-order valence-electron chi connectivity index (χ0n) is 14.3. The molecule has 6 heteroatoms. The van der Waals surface area contributed by atoms with Gasteiger partial charge in [-0.25, -0.2) is 4.79 Å². The summed E-state index contributed by atoms with van der Waals surface area (Å²) in [6.07, 6.45) is 5.03. The summed E-state index contributed by atoms with van der Waals surface area (Å²) < 4.78 is 6.78. The summed E-state index contributed by atoms with van der Waals surface area (Å²) in [4.78, 5) is 25.3. The van der Waals surface area contributed by atoms with E-state index in [4.69, 9.17) is 4.74 Å². The number of hydrogen-bond acceptors (Lipinski definition) is 5. The number of hydrogen-bond donors (Lipinski definition) is 0. The van der Waals surface area contributed by atoms with Crippen molar-refractivity contribution < 1.29 is 14.3 Å². The van der Waals surface area contributed by atoms with Gasteiger partial charge in [-0.3, -0.25) is 9.48 Å². The van der Waals surface area contributed by atoms with Gasteiger partial charge in [-0.2, -0.15) is 5.10 Å². The minimum absolute atomic E-state index is 0.234. The minimum atomic E-state index is -0.557. The van der Waals surface area contributed by atoms with Crippen molar-refractivity contribution in [3.63, 3.8) is 0 Å². The van der Waals surface area contributed by atoms with Crippen LogP contribution in [0.15, 0.2) is 71.9 Å². The molecular formula is C20H18N2O3S. The molecule has 0 aliphatic heterocycles. The molecule has 3 rings (SSSR count). The van der Waals surface area contributed by atoms with Crippen LogP contribution in [0.25, 0.3) is 0 Å². The largest absolute Gasteiger partial charge is 0.454 e. The Hall–Kier alpha value is -2.86. The average molecular weight is 366 g/mol. The molecule has 2 aromatic carbocycles. The molecule has 26 heavy (non-hydrogen) atoms. The molecule has 0 atom stereocenters. The molecule has 1 aromatic heterocycles. The SMILES string of the molecule is CSc1ccc(C(=O)COC(=O)c2cnn(Cc3ccccc3)c2)cc1. The number of nitrogens with zero attached hydrogens (tertiary/aromatic N) is 2. The molecular weight excluding hydrogens is 348 g/mol. The third-order valence-electron chi connectivity index (χ3n) is 3.80. The lowest BCUT2D eigenvalue weighted by Crippen LogP contribution is -2.14. The fraction of sp³-hybridized carbons (Fsp3) is 0.150. The monoisotopic (exact) mass is 366 g/mol. The van der Waals surface area contributed by atoms with E-state index in [0.29, 0.717) is 17.7 Å². The van der Waals surface area contributed by atoms with Gasteiger partial charge < -0.3 is 4.74 Å². The maximum Gasteiger partial charge on any atom is 0.341 e. The van der Waals surface area contributed by atoms with Crippen LogP contribution in [0.3, 0.4) is 0 Å². The van der Waals surface area contributed by atoms with Crippen LogP contribution in [-0.2, 0) is 11.3 Å². The molecule has 0 spiro atoms. The number of rotatable bonds is 7. The standard InChI is InChI=1S/C20H18N2O3S/c1-26-18-9-7-16(8-10-18)19(23)14-25-20(24)17-11-21-22(13-17)12-15-5-3-2-4-6-15/h2-11,13H,12,14H2,1H3. The Morgan fingerprint density at radius 1 is 1.04 bits per heavy atom. The number of thioether (sulfide) groups is 1. The van der Waals surface area contributed by atoms with Crippen molar-refractivity contribution in [3.05, 3.63) is 83.7 Å². The number of carbonyl (C=O) groups excluding carboxylic acids is 2. The van der Waals surface area contributed by atoms with E-state index in [0.717, 1.165) is 10.5 Å². The van der Waals surface area contributed by atoms with E-state index < -0.39 is 5.97 Å². The summed E-state index contributed by atoms with van der Waals surface area (Å²) in [7, 11) is 0. The first-order valence-electron chi connectivity index (χ1n) is 8.06. The van der Waals surface area contributed by atoms with Crippen LogP contribution in [0.5, 0.6) is 0 Å². The third-order valence-corrected chi connectivity index (χ3v) is 4.55. The van der Waals surface area contributed by atoms with Crippen molar-refractivity contribution in [1.29, 1.82) is 0 Å². The summed E-state index contributed by atoms with van der Waals surface area (Å²) in [5.41, 5.74) is 1.93. The van der Waals surface area contributed by atoms with Crippen LogP contribution < -0.4 is 0 Å². The molecule has 5 nitrogen and oxygen atoms in total. The van der Waals surface area contributed by atoms with Crippen LogP contribution in [0.2, 0.25) is 0 Å². The van der Waals surface area contributed by atoms with Gasteiger partial charge in [0, 0.05) is 16.7 Å². The Balaban J connectivity index is 1.55. The van der Waals surface area contributed by atoms with E-state index in [9.17, 15) is 9.59 Å². The normalized spacial score (nSPS) is 10.5. The summed E-state index contributed by atoms with van der Waals surface area (Å²) in [5.74, 6) is -0.791. The zero-order chi connectivity index (χ0) is 18.4. The smallest absolute Gasteiger partial charge is 0.341 e. The molecule has 0 saturated heterocycles. The van der Waals surface area contributed by atoms with Gasteiger partial charge in [0.05, 0.1) is 18.3 Å². The lowest BCUT2D eigenvalue weighted by molar-refractivity contribution is 0.0474. The van der Waals surface area contributed by atoms with Crippen LogP contribution in [0.4, 0.5) is 0 Å². The zero-order valence-corrected chi connectivity index (χ0v) is 15.1. The van der Waals surface area contributed by atoms with E-state index in [-0.39, 0.29) is 12.4 Å². The Morgan fingerprint density at radius 2 is 1.77 bits per heavy atom. The fourth-order valence-electron chi connectivity index (χ4n) is 2.40. The summed E-state index contributed by atoms with van der Waals surface area (Å²) in [5, 5.41) is 4.17. The van der Waals surface area contributed by atoms with Crippen molar-refractivity contribution in [2.24, 2.45) is 0 Å². The number of ether oxygens (including phenoxy) is 1. The Bertz CT molecular complexity index is 889. The van der Waals surface area contributed by atoms with Crippen molar-refractivity contribution in [3.8, 4) is 0 Å². The lowest BCUT2D eigenvalue weighted by Gasteiger charge is -2.04. The number of aromatic nitrogens is 2. The molecule has 132 valence electrons. The van der Waals surface area contributed by atoms with Gasteiger partial charge in [0.2, 0.25) is 0 Å². The molecule has 0 fully saturated rings. The first-order valence-corrected chi connectivity index (χ1v) is 9.29. The van der Waals surface area contributed by atoms with Crippen LogP contribution >= 0.6 is 11.8 Å². The molecule has 0 amide bonds. The molecule has 0 radical (unpaired) electrons. The highest BCUT2D eigenvalue weighted by molar-refractivity contribution is 7.98. The van der Waals surface area contributed by atoms with Gasteiger partial charge in [-0.05, 0) is 24.0 Å². The number of Topliss-reactive ketones (excluding diaryl/α,β-unsaturated/α-hetero) is 1. The average Bonchev–Trinajstić information content (AvgIpc) is 3.15. The second-order valence-electron chi connectivity index (χ2n) is 5.64. The molecule has 0 unspecified atom stereocenters. The lowest BCUT2D eigenvalue weighted by atomic mass is 10.1. The van der Waals surface area contributed by atoms with Gasteiger partial charge >= 0.3 is 5.97 Å². The maximum absolute atomic E-state index is 12.1. The Kier molecular flexibility index (Phi) is 5.86. The van der Waals surface area contributed by atoms with Crippen LogP contribution in [0, 0.1) is 0 Å². The van der Waals surface area contributed by atoms with E-state index >= 15 is 0 Å². The summed E-state index contributed by atoms with van der Waals surface area (Å²) in [6, 6.07) is 17.0. The minimum Gasteiger partial charge on any atom is -0.454 e. The van der Waals surface area contributed by atoms with Crippen molar-refractivity contribution >= 4 is 23.5 Å². The number of esters is 1. The van der Waals surface area contributed by atoms with Gasteiger partial charge in [0.15, 0.2) is 12.4 Å². The highest BCUT2D eigenvalue weighted by atomic mass is 32.2. The number of carbonyl (C=O) groups is 2. The number of benzene rings is 2. The van der Waals surface area contributed by atoms with Crippen molar-refractivity contribution in [2.45, 2.75) is 11.4 Å². The highest BCUT2D eigenvalue weighted by Crippen LogP contribution is 2.15. The molecule has 0 aliphatic carbocycles. The first-order chi connectivity index (χ1) is 12.7. The van der Waals surface area contributed by atoms with Crippen LogP contribution in [0.1, 0.15) is 26.3 Å². The Labute approximate surface area is 156 Å². The second kappa shape index (κ2) is 8.49. The predicted molar refractivity (Wildman–Crippen MR) is 101 cm³/mol. The van der Waals surface area contributed by atoms with Crippen molar-refractivity contribution in [2.75, 3.05) is 12.9 Å². The fourth-order valence-corrected chi connectivity index (χ4v) is 2.81. The van der Waals surface area contributed by atoms with Crippen LogP contribution in [-0.4, -0.2) is 34.4 Å². The highest BCUT2D eigenvalue weighted by Gasteiger charge is 2.14. The first kappa shape index (κ1) is 17.9. The van der Waals surface area contributed by atoms with Gasteiger partial charge in [-0.1, -0.05) is 42.5 Å². The second-order valence-corrected chi connectivity index (χ2v) is 6.52. The topological polar surface area (TPSA) is 61.2 Å². The van der Waals surface area contributed by atoms with E-state index in [1.165, 1.54) is 6.20 Å². The third kappa shape index (κ3) is 4.61. The summed E-state index contributed by atoms with van der Waals surface area (Å²) in [6.45, 7) is 0.274. The molecule has 0 N–H and O–H groups in total. The van der Waals surface area contributed by atoms with Gasteiger partial charge in [-0.15, -0.1) is 11.8 Å². The Morgan fingerprint density at radius 3 is 2.46 bits per heavy atom. The number of ketones is 1. The summed E-state index contributed by atoms with van der Waals surface area (Å²) >= 11 is 1.60. The molecule has 0 saturated carbocycles. The predicted octanol–water partition coefficient (Wildman–Crippen LogP) is 3.69. The van der Waals surface area contributed by atoms with Crippen molar-refractivity contribution in [1.82, 2.24) is 9.78 Å². The van der Waals surface area contributed by atoms with Gasteiger partial charge in [0.1, 0.15) is 0 Å². The quantitative estimate of drug-likeness (QED) is 0.362.